The maximum absolute atomic E-state index is 12.2. The number of aromatic nitrogens is 1. The number of benzene rings is 1. The van der Waals surface area contributed by atoms with Gasteiger partial charge in [-0.3, -0.25) is 4.79 Å². The van der Waals surface area contributed by atoms with Crippen LogP contribution in [0, 0.1) is 6.92 Å². The minimum Gasteiger partial charge on any atom is -0.486 e. The van der Waals surface area contributed by atoms with Crippen molar-refractivity contribution >= 4 is 28.6 Å². The summed E-state index contributed by atoms with van der Waals surface area (Å²) in [6.07, 6.45) is 1.16. The monoisotopic (exact) mass is 400 g/mol. The molecule has 3 aromatic rings. The van der Waals surface area contributed by atoms with Gasteiger partial charge in [-0.25, -0.2) is 4.98 Å². The first kappa shape index (κ1) is 18.0. The quantitative estimate of drug-likeness (QED) is 0.683. The molecular formula is C20H20N2O3S2. The molecule has 1 aromatic carbocycles. The molecule has 1 amide bonds. The molecule has 0 unspecified atom stereocenters. The Bertz CT molecular complexity index is 948. The van der Waals surface area contributed by atoms with E-state index >= 15 is 0 Å². The van der Waals surface area contributed by atoms with E-state index in [1.165, 1.54) is 9.75 Å². The zero-order chi connectivity index (χ0) is 18.6. The summed E-state index contributed by atoms with van der Waals surface area (Å²) in [5, 5.41) is 6.15. The summed E-state index contributed by atoms with van der Waals surface area (Å²) in [7, 11) is 0. The number of carbonyl (C=O) groups excluding carboxylic acids is 1. The number of amides is 1. The summed E-state index contributed by atoms with van der Waals surface area (Å²) in [5.41, 5.74) is 1.96. The zero-order valence-electron chi connectivity index (χ0n) is 15.0. The van der Waals surface area contributed by atoms with Gasteiger partial charge in [-0.2, -0.15) is 0 Å². The van der Waals surface area contributed by atoms with Crippen molar-refractivity contribution in [3.63, 3.8) is 0 Å². The average molecular weight is 401 g/mol. The summed E-state index contributed by atoms with van der Waals surface area (Å²) in [6.45, 7) is 3.75. The summed E-state index contributed by atoms with van der Waals surface area (Å²) in [5.74, 6) is 1.47. The Hall–Kier alpha value is -2.38. The lowest BCUT2D eigenvalue weighted by Gasteiger charge is -2.18. The second-order valence-corrected chi connectivity index (χ2v) is 8.50. The van der Waals surface area contributed by atoms with E-state index in [4.69, 9.17) is 9.47 Å². The number of nitrogens with one attached hydrogen (secondary N) is 1. The van der Waals surface area contributed by atoms with Crippen molar-refractivity contribution in [1.29, 1.82) is 0 Å². The highest BCUT2D eigenvalue weighted by Gasteiger charge is 2.13. The van der Waals surface area contributed by atoms with Crippen LogP contribution in [0.5, 0.6) is 11.5 Å². The second kappa shape index (κ2) is 8.10. The minimum absolute atomic E-state index is 0.0126. The standard InChI is InChI=1S/C20H20N2O3S2/c1-13-22-16(12-26-13)19-5-3-15(27-19)6-7-21-20(23)11-14-2-4-17-18(10-14)25-9-8-24-17/h2-5,10,12H,6-9,11H2,1H3,(H,21,23). The first-order chi connectivity index (χ1) is 13.2. The summed E-state index contributed by atoms with van der Waals surface area (Å²) in [4.78, 5) is 19.2. The Morgan fingerprint density at radius 3 is 2.85 bits per heavy atom. The molecule has 0 saturated heterocycles. The topological polar surface area (TPSA) is 60.5 Å². The second-order valence-electron chi connectivity index (χ2n) is 6.27. The minimum atomic E-state index is 0.0126. The van der Waals surface area contributed by atoms with Gasteiger partial charge in [0.1, 0.15) is 13.2 Å². The number of thiazole rings is 1. The number of hydrogen-bond donors (Lipinski definition) is 1. The van der Waals surface area contributed by atoms with Gasteiger partial charge < -0.3 is 14.8 Å². The number of aryl methyl sites for hydroxylation is 1. The van der Waals surface area contributed by atoms with Crippen LogP contribution >= 0.6 is 22.7 Å². The number of rotatable bonds is 6. The SMILES string of the molecule is Cc1nc(-c2ccc(CCNC(=O)Cc3ccc4c(c3)OCCO4)s2)cs1. The van der Waals surface area contributed by atoms with E-state index in [1.807, 2.05) is 25.1 Å². The Morgan fingerprint density at radius 2 is 2.04 bits per heavy atom. The predicted molar refractivity (Wildman–Crippen MR) is 108 cm³/mol. The van der Waals surface area contributed by atoms with E-state index in [1.54, 1.807) is 22.7 Å². The van der Waals surface area contributed by atoms with Crippen molar-refractivity contribution in [3.8, 4) is 22.1 Å². The maximum Gasteiger partial charge on any atom is 0.224 e. The van der Waals surface area contributed by atoms with E-state index in [2.05, 4.69) is 27.8 Å². The summed E-state index contributed by atoms with van der Waals surface area (Å²) < 4.78 is 11.1. The van der Waals surface area contributed by atoms with Crippen LogP contribution in [0.15, 0.2) is 35.7 Å². The molecule has 0 radical (unpaired) electrons. The molecule has 27 heavy (non-hydrogen) atoms. The Labute approximate surface area is 166 Å². The maximum atomic E-state index is 12.2. The van der Waals surface area contributed by atoms with Crippen molar-refractivity contribution in [2.75, 3.05) is 19.8 Å². The smallest absolute Gasteiger partial charge is 0.224 e. The van der Waals surface area contributed by atoms with Crippen LogP contribution in [0.1, 0.15) is 15.4 Å². The summed E-state index contributed by atoms with van der Waals surface area (Å²) in [6, 6.07) is 9.88. The third-order valence-electron chi connectivity index (χ3n) is 4.20. The van der Waals surface area contributed by atoms with E-state index in [0.29, 0.717) is 26.2 Å². The lowest BCUT2D eigenvalue weighted by Crippen LogP contribution is -2.27. The molecule has 7 heteroatoms. The highest BCUT2D eigenvalue weighted by Crippen LogP contribution is 2.31. The van der Waals surface area contributed by atoms with Crippen molar-refractivity contribution in [3.05, 3.63) is 51.2 Å². The van der Waals surface area contributed by atoms with Gasteiger partial charge in [0.05, 0.1) is 22.0 Å². The normalized spacial score (nSPS) is 12.8. The number of thiophene rings is 1. The van der Waals surface area contributed by atoms with Gasteiger partial charge in [0.15, 0.2) is 11.5 Å². The van der Waals surface area contributed by atoms with E-state index in [-0.39, 0.29) is 5.91 Å². The molecule has 0 spiro atoms. The van der Waals surface area contributed by atoms with Gasteiger partial charge in [-0.15, -0.1) is 22.7 Å². The van der Waals surface area contributed by atoms with Crippen molar-refractivity contribution in [1.82, 2.24) is 10.3 Å². The lowest BCUT2D eigenvalue weighted by molar-refractivity contribution is -0.120. The van der Waals surface area contributed by atoms with Gasteiger partial charge in [0, 0.05) is 16.8 Å². The third-order valence-corrected chi connectivity index (χ3v) is 6.14. The number of fused-ring (bicyclic) bond motifs is 1. The van der Waals surface area contributed by atoms with Gasteiger partial charge >= 0.3 is 0 Å². The molecule has 1 N–H and O–H groups in total. The van der Waals surface area contributed by atoms with Crippen LogP contribution in [0.25, 0.3) is 10.6 Å². The highest BCUT2D eigenvalue weighted by atomic mass is 32.1. The van der Waals surface area contributed by atoms with Gasteiger partial charge in [-0.05, 0) is 43.2 Å². The fourth-order valence-electron chi connectivity index (χ4n) is 2.90. The number of ether oxygens (including phenoxy) is 2. The molecule has 0 aliphatic carbocycles. The molecule has 0 bridgehead atoms. The number of carbonyl (C=O) groups is 1. The highest BCUT2D eigenvalue weighted by molar-refractivity contribution is 7.16. The van der Waals surface area contributed by atoms with E-state index in [9.17, 15) is 4.79 Å². The molecule has 3 heterocycles. The Balaban J connectivity index is 1.27. The van der Waals surface area contributed by atoms with Crippen LogP contribution in [-0.4, -0.2) is 30.6 Å². The third kappa shape index (κ3) is 4.48. The molecular weight excluding hydrogens is 380 g/mol. The average Bonchev–Trinajstić information content (AvgIpc) is 3.30. The van der Waals surface area contributed by atoms with Crippen LogP contribution in [0.2, 0.25) is 0 Å². The zero-order valence-corrected chi connectivity index (χ0v) is 16.6. The van der Waals surface area contributed by atoms with Gasteiger partial charge in [-0.1, -0.05) is 6.07 Å². The van der Waals surface area contributed by atoms with Crippen molar-refractivity contribution in [2.45, 2.75) is 19.8 Å². The van der Waals surface area contributed by atoms with Crippen molar-refractivity contribution in [2.24, 2.45) is 0 Å². The van der Waals surface area contributed by atoms with Crippen LogP contribution in [-0.2, 0) is 17.6 Å². The van der Waals surface area contributed by atoms with Crippen LogP contribution in [0.3, 0.4) is 0 Å². The van der Waals surface area contributed by atoms with Crippen LogP contribution < -0.4 is 14.8 Å². The molecule has 1 aliphatic heterocycles. The number of hydrogen-bond acceptors (Lipinski definition) is 6. The fraction of sp³-hybridized carbons (Fsp3) is 0.300. The Kier molecular flexibility index (Phi) is 5.40. The fourth-order valence-corrected chi connectivity index (χ4v) is 4.55. The number of nitrogens with zero attached hydrogens (tertiary/aromatic N) is 1. The molecule has 140 valence electrons. The molecule has 1 aliphatic rings. The molecule has 5 nitrogen and oxygen atoms in total. The first-order valence-electron chi connectivity index (χ1n) is 8.84. The van der Waals surface area contributed by atoms with E-state index in [0.717, 1.165) is 34.2 Å². The predicted octanol–water partition coefficient (Wildman–Crippen LogP) is 3.85. The molecule has 0 saturated carbocycles. The molecule has 0 atom stereocenters. The molecule has 2 aromatic heterocycles. The molecule has 4 rings (SSSR count). The molecule has 0 fully saturated rings. The van der Waals surface area contributed by atoms with Gasteiger partial charge in [0.2, 0.25) is 5.91 Å². The van der Waals surface area contributed by atoms with Crippen molar-refractivity contribution < 1.29 is 14.3 Å². The first-order valence-corrected chi connectivity index (χ1v) is 10.5. The van der Waals surface area contributed by atoms with Gasteiger partial charge in [0.25, 0.3) is 0 Å². The largest absolute Gasteiger partial charge is 0.486 e. The van der Waals surface area contributed by atoms with Crippen LogP contribution in [0.4, 0.5) is 0 Å². The Morgan fingerprint density at radius 1 is 1.19 bits per heavy atom. The lowest BCUT2D eigenvalue weighted by atomic mass is 10.1. The summed E-state index contributed by atoms with van der Waals surface area (Å²) >= 11 is 3.39. The van der Waals surface area contributed by atoms with E-state index < -0.39 is 0 Å².